The third kappa shape index (κ3) is 5.90. The SMILES string of the molecule is O=C(O)c1ccc(CCNC(=O)c2cc([N+](=O)[O-])c(N3CCCCC3)cc2N2CCCCC2)cc1. The second-order valence-electron chi connectivity index (χ2n) is 9.22. The third-order valence-electron chi connectivity index (χ3n) is 6.83. The number of rotatable bonds is 8. The van der Waals surface area contributed by atoms with E-state index in [-0.39, 0.29) is 22.1 Å². The Hall–Kier alpha value is -3.62. The fraction of sp³-hybridized carbons (Fsp3) is 0.462. The van der Waals surface area contributed by atoms with Crippen LogP contribution < -0.4 is 15.1 Å². The Bertz CT molecular complexity index is 1070. The summed E-state index contributed by atoms with van der Waals surface area (Å²) in [4.78, 5) is 40.1. The molecular formula is C26H32N4O5. The molecule has 2 aliphatic rings. The lowest BCUT2D eigenvalue weighted by molar-refractivity contribution is -0.384. The van der Waals surface area contributed by atoms with Crippen LogP contribution in [0.5, 0.6) is 0 Å². The van der Waals surface area contributed by atoms with Crippen molar-refractivity contribution < 1.29 is 19.6 Å². The Balaban J connectivity index is 1.57. The first-order chi connectivity index (χ1) is 16.9. The topological polar surface area (TPSA) is 116 Å². The molecule has 2 heterocycles. The summed E-state index contributed by atoms with van der Waals surface area (Å²) in [6.07, 6.45) is 6.87. The van der Waals surface area contributed by atoms with Gasteiger partial charge in [0.25, 0.3) is 11.6 Å². The maximum Gasteiger partial charge on any atom is 0.335 e. The molecule has 0 aromatic heterocycles. The van der Waals surface area contributed by atoms with Gasteiger partial charge in [-0.05, 0) is 68.7 Å². The minimum Gasteiger partial charge on any atom is -0.478 e. The molecule has 0 saturated carbocycles. The van der Waals surface area contributed by atoms with Gasteiger partial charge in [-0.3, -0.25) is 14.9 Å². The number of nitro groups is 1. The quantitative estimate of drug-likeness (QED) is 0.429. The summed E-state index contributed by atoms with van der Waals surface area (Å²) in [5, 5.41) is 23.9. The molecule has 0 unspecified atom stereocenters. The van der Waals surface area contributed by atoms with Crippen LogP contribution in [0, 0.1) is 10.1 Å². The molecular weight excluding hydrogens is 448 g/mol. The molecule has 186 valence electrons. The summed E-state index contributed by atoms with van der Waals surface area (Å²) in [7, 11) is 0. The van der Waals surface area contributed by atoms with E-state index < -0.39 is 5.97 Å². The number of carbonyl (C=O) groups excluding carboxylic acids is 1. The summed E-state index contributed by atoms with van der Waals surface area (Å²) in [5.74, 6) is -1.31. The van der Waals surface area contributed by atoms with Crippen molar-refractivity contribution in [1.82, 2.24) is 5.32 Å². The van der Waals surface area contributed by atoms with Crippen LogP contribution in [-0.2, 0) is 6.42 Å². The Morgan fingerprint density at radius 3 is 2.00 bits per heavy atom. The summed E-state index contributed by atoms with van der Waals surface area (Å²) >= 11 is 0. The van der Waals surface area contributed by atoms with E-state index >= 15 is 0 Å². The van der Waals surface area contributed by atoms with Crippen LogP contribution in [0.2, 0.25) is 0 Å². The van der Waals surface area contributed by atoms with Gasteiger partial charge in [0.1, 0.15) is 5.69 Å². The van der Waals surface area contributed by atoms with E-state index in [2.05, 4.69) is 15.1 Å². The molecule has 0 spiro atoms. The normalized spacial score (nSPS) is 16.1. The summed E-state index contributed by atoms with van der Waals surface area (Å²) in [5.41, 5.74) is 2.79. The number of carboxylic acid groups (broad SMARTS) is 1. The molecule has 2 fully saturated rings. The molecule has 0 atom stereocenters. The van der Waals surface area contributed by atoms with Crippen molar-refractivity contribution in [2.45, 2.75) is 44.9 Å². The third-order valence-corrected chi connectivity index (χ3v) is 6.83. The number of nitrogens with zero attached hydrogens (tertiary/aromatic N) is 3. The van der Waals surface area contributed by atoms with Gasteiger partial charge in [-0.25, -0.2) is 4.79 Å². The largest absolute Gasteiger partial charge is 0.478 e. The molecule has 4 rings (SSSR count). The molecule has 0 bridgehead atoms. The Morgan fingerprint density at radius 1 is 0.886 bits per heavy atom. The molecule has 2 aromatic carbocycles. The first kappa shape index (κ1) is 24.5. The van der Waals surface area contributed by atoms with E-state index in [1.54, 1.807) is 12.1 Å². The van der Waals surface area contributed by atoms with Crippen LogP contribution in [0.25, 0.3) is 0 Å². The van der Waals surface area contributed by atoms with Crippen LogP contribution in [0.3, 0.4) is 0 Å². The van der Waals surface area contributed by atoms with E-state index in [0.717, 1.165) is 76.0 Å². The van der Waals surface area contributed by atoms with Gasteiger partial charge in [-0.2, -0.15) is 0 Å². The minimum atomic E-state index is -0.982. The smallest absolute Gasteiger partial charge is 0.335 e. The van der Waals surface area contributed by atoms with Crippen LogP contribution in [0.15, 0.2) is 36.4 Å². The highest BCUT2D eigenvalue weighted by molar-refractivity contribution is 6.02. The van der Waals surface area contributed by atoms with Gasteiger partial charge in [-0.1, -0.05) is 12.1 Å². The van der Waals surface area contributed by atoms with Crippen molar-refractivity contribution in [2.24, 2.45) is 0 Å². The summed E-state index contributed by atoms with van der Waals surface area (Å²) in [6.45, 7) is 3.56. The number of hydrogen-bond acceptors (Lipinski definition) is 6. The van der Waals surface area contributed by atoms with E-state index in [0.29, 0.717) is 24.2 Å². The maximum absolute atomic E-state index is 13.3. The highest BCUT2D eigenvalue weighted by atomic mass is 16.6. The van der Waals surface area contributed by atoms with Crippen LogP contribution in [0.1, 0.15) is 64.8 Å². The molecule has 1 amide bonds. The lowest BCUT2D eigenvalue weighted by Gasteiger charge is -2.33. The predicted octanol–water partition coefficient (Wildman–Crippen LogP) is 4.25. The van der Waals surface area contributed by atoms with Gasteiger partial charge in [-0.15, -0.1) is 0 Å². The number of nitrogens with one attached hydrogen (secondary N) is 1. The molecule has 35 heavy (non-hydrogen) atoms. The first-order valence-corrected chi connectivity index (χ1v) is 12.4. The van der Waals surface area contributed by atoms with E-state index in [9.17, 15) is 19.7 Å². The standard InChI is InChI=1S/C26H32N4O5/c31-25(27-12-11-19-7-9-20(10-8-19)26(32)33)21-17-24(30(34)35)23(29-15-5-2-6-16-29)18-22(21)28-13-3-1-4-14-28/h7-10,17-18H,1-6,11-16H2,(H,27,31)(H,32,33). The number of carboxylic acids is 1. The maximum atomic E-state index is 13.3. The lowest BCUT2D eigenvalue weighted by atomic mass is 10.0. The van der Waals surface area contributed by atoms with E-state index in [1.807, 2.05) is 6.07 Å². The van der Waals surface area contributed by atoms with Crippen molar-refractivity contribution in [3.8, 4) is 0 Å². The van der Waals surface area contributed by atoms with Gasteiger partial charge in [0.15, 0.2) is 0 Å². The van der Waals surface area contributed by atoms with Gasteiger partial charge >= 0.3 is 5.97 Å². The molecule has 0 radical (unpaired) electrons. The van der Waals surface area contributed by atoms with Crippen molar-refractivity contribution in [2.75, 3.05) is 42.5 Å². The summed E-state index contributed by atoms with van der Waals surface area (Å²) in [6, 6.07) is 9.84. The van der Waals surface area contributed by atoms with Crippen molar-refractivity contribution >= 4 is 28.9 Å². The second kappa shape index (κ2) is 11.2. The predicted molar refractivity (Wildman–Crippen MR) is 135 cm³/mol. The Labute approximate surface area is 204 Å². The Kier molecular flexibility index (Phi) is 7.84. The van der Waals surface area contributed by atoms with Crippen molar-refractivity contribution in [1.29, 1.82) is 0 Å². The highest BCUT2D eigenvalue weighted by Gasteiger charge is 2.28. The van der Waals surface area contributed by atoms with Crippen molar-refractivity contribution in [3.05, 3.63) is 63.2 Å². The molecule has 9 heteroatoms. The number of piperidine rings is 2. The number of hydrogen-bond donors (Lipinski definition) is 2. The van der Waals surface area contributed by atoms with Crippen molar-refractivity contribution in [3.63, 3.8) is 0 Å². The first-order valence-electron chi connectivity index (χ1n) is 12.4. The second-order valence-corrected chi connectivity index (χ2v) is 9.22. The zero-order valence-electron chi connectivity index (χ0n) is 19.9. The average molecular weight is 481 g/mol. The Morgan fingerprint density at radius 2 is 1.46 bits per heavy atom. The monoisotopic (exact) mass is 480 g/mol. The number of benzene rings is 2. The molecule has 9 nitrogen and oxygen atoms in total. The zero-order chi connectivity index (χ0) is 24.8. The zero-order valence-corrected chi connectivity index (χ0v) is 19.9. The van der Waals surface area contributed by atoms with Gasteiger partial charge < -0.3 is 20.2 Å². The average Bonchev–Trinajstić information content (AvgIpc) is 2.89. The van der Waals surface area contributed by atoms with Crippen LogP contribution >= 0.6 is 0 Å². The molecule has 2 N–H and O–H groups in total. The fourth-order valence-electron chi connectivity index (χ4n) is 4.91. The number of nitro benzene ring substituents is 1. The number of aromatic carboxylic acids is 1. The molecule has 2 aromatic rings. The van der Waals surface area contributed by atoms with Gasteiger partial charge in [0.05, 0.1) is 21.7 Å². The number of carbonyl (C=O) groups is 2. The highest BCUT2D eigenvalue weighted by Crippen LogP contribution is 2.38. The summed E-state index contributed by atoms with van der Waals surface area (Å²) < 4.78 is 0. The molecule has 2 aliphatic heterocycles. The molecule has 0 aliphatic carbocycles. The number of amides is 1. The number of anilines is 2. The van der Waals surface area contributed by atoms with Crippen LogP contribution in [-0.4, -0.2) is 54.6 Å². The van der Waals surface area contributed by atoms with E-state index in [4.69, 9.17) is 5.11 Å². The fourth-order valence-corrected chi connectivity index (χ4v) is 4.91. The van der Waals surface area contributed by atoms with Gasteiger partial charge in [0, 0.05) is 38.8 Å². The molecule has 2 saturated heterocycles. The van der Waals surface area contributed by atoms with E-state index in [1.165, 1.54) is 18.2 Å². The minimum absolute atomic E-state index is 0.0259. The van der Waals surface area contributed by atoms with Crippen LogP contribution in [0.4, 0.5) is 17.1 Å². The van der Waals surface area contributed by atoms with Gasteiger partial charge in [0.2, 0.25) is 0 Å². The lowest BCUT2D eigenvalue weighted by Crippen LogP contribution is -2.35.